The Hall–Kier alpha value is -3.39. The molecule has 0 unspecified atom stereocenters. The molecule has 3 rings (SSSR count). The normalized spacial score (nSPS) is 11.0. The molecular formula is C22H21FN2O4S. The second kappa shape index (κ2) is 8.96. The molecule has 0 saturated heterocycles. The van der Waals surface area contributed by atoms with Crippen molar-refractivity contribution in [1.29, 1.82) is 0 Å². The molecule has 0 heterocycles. The fourth-order valence-electron chi connectivity index (χ4n) is 2.77. The number of halogens is 1. The molecule has 156 valence electrons. The quantitative estimate of drug-likeness (QED) is 0.618. The highest BCUT2D eigenvalue weighted by Gasteiger charge is 2.27. The third kappa shape index (κ3) is 4.96. The van der Waals surface area contributed by atoms with Crippen molar-refractivity contribution in [3.8, 4) is 5.75 Å². The summed E-state index contributed by atoms with van der Waals surface area (Å²) in [4.78, 5) is 12.5. The largest absolute Gasteiger partial charge is 0.497 e. The minimum Gasteiger partial charge on any atom is -0.497 e. The van der Waals surface area contributed by atoms with Gasteiger partial charge in [-0.1, -0.05) is 17.7 Å². The Balaban J connectivity index is 1.90. The molecule has 0 aliphatic heterocycles. The Bertz CT molecular complexity index is 1110. The SMILES string of the molecule is COc1ccc(NC(=O)CN(c2ccc(C)cc2)S(=O)(=O)c2ccc(F)cc2)cc1. The van der Waals surface area contributed by atoms with Gasteiger partial charge >= 0.3 is 0 Å². The predicted molar refractivity (Wildman–Crippen MR) is 114 cm³/mol. The molecular weight excluding hydrogens is 407 g/mol. The molecule has 3 aromatic rings. The maximum absolute atomic E-state index is 13.3. The topological polar surface area (TPSA) is 75.7 Å². The second-order valence-corrected chi connectivity index (χ2v) is 8.44. The van der Waals surface area contributed by atoms with Crippen LogP contribution in [0.1, 0.15) is 5.56 Å². The maximum atomic E-state index is 13.3. The zero-order valence-electron chi connectivity index (χ0n) is 16.5. The van der Waals surface area contributed by atoms with Crippen LogP contribution in [0.2, 0.25) is 0 Å². The van der Waals surface area contributed by atoms with Gasteiger partial charge in [0.25, 0.3) is 10.0 Å². The van der Waals surface area contributed by atoms with E-state index in [0.29, 0.717) is 17.1 Å². The van der Waals surface area contributed by atoms with Crippen molar-refractivity contribution in [1.82, 2.24) is 0 Å². The van der Waals surface area contributed by atoms with E-state index in [9.17, 15) is 17.6 Å². The van der Waals surface area contributed by atoms with Crippen LogP contribution >= 0.6 is 0 Å². The van der Waals surface area contributed by atoms with E-state index in [-0.39, 0.29) is 4.90 Å². The first-order chi connectivity index (χ1) is 14.3. The van der Waals surface area contributed by atoms with Gasteiger partial charge < -0.3 is 10.1 Å². The minimum atomic E-state index is -4.10. The fraction of sp³-hybridized carbons (Fsp3) is 0.136. The molecule has 1 N–H and O–H groups in total. The number of nitrogens with one attached hydrogen (secondary N) is 1. The summed E-state index contributed by atoms with van der Waals surface area (Å²) in [6.45, 7) is 1.42. The lowest BCUT2D eigenvalue weighted by Crippen LogP contribution is -2.38. The van der Waals surface area contributed by atoms with Crippen molar-refractivity contribution in [2.75, 3.05) is 23.3 Å². The summed E-state index contributed by atoms with van der Waals surface area (Å²) in [7, 11) is -2.56. The summed E-state index contributed by atoms with van der Waals surface area (Å²) in [5, 5.41) is 2.68. The number of carbonyl (C=O) groups is 1. The first kappa shape index (κ1) is 21.3. The van der Waals surface area contributed by atoms with Crippen molar-refractivity contribution in [3.05, 3.63) is 84.2 Å². The summed E-state index contributed by atoms with van der Waals surface area (Å²) >= 11 is 0. The molecule has 8 heteroatoms. The van der Waals surface area contributed by atoms with Crippen LogP contribution in [0.25, 0.3) is 0 Å². The lowest BCUT2D eigenvalue weighted by atomic mass is 10.2. The van der Waals surface area contributed by atoms with Gasteiger partial charge in [0.05, 0.1) is 17.7 Å². The van der Waals surface area contributed by atoms with Crippen LogP contribution in [0, 0.1) is 12.7 Å². The number of carbonyl (C=O) groups excluding carboxylic acids is 1. The molecule has 0 aliphatic carbocycles. The van der Waals surface area contributed by atoms with Crippen molar-refractivity contribution in [2.24, 2.45) is 0 Å². The van der Waals surface area contributed by atoms with Crippen LogP contribution in [0.5, 0.6) is 5.75 Å². The second-order valence-electron chi connectivity index (χ2n) is 6.58. The fourth-order valence-corrected chi connectivity index (χ4v) is 4.19. The highest BCUT2D eigenvalue weighted by molar-refractivity contribution is 7.92. The summed E-state index contributed by atoms with van der Waals surface area (Å²) in [5.74, 6) is -0.437. The van der Waals surface area contributed by atoms with Crippen LogP contribution in [0.15, 0.2) is 77.7 Å². The Morgan fingerprint density at radius 1 is 0.967 bits per heavy atom. The Kier molecular flexibility index (Phi) is 6.37. The first-order valence-electron chi connectivity index (χ1n) is 9.08. The number of rotatable bonds is 7. The van der Waals surface area contributed by atoms with Crippen LogP contribution < -0.4 is 14.4 Å². The Morgan fingerprint density at radius 2 is 1.57 bits per heavy atom. The predicted octanol–water partition coefficient (Wildman–Crippen LogP) is 3.98. The number of aryl methyl sites for hydroxylation is 1. The van der Waals surface area contributed by atoms with E-state index in [2.05, 4.69) is 5.32 Å². The zero-order chi connectivity index (χ0) is 21.7. The number of amides is 1. The van der Waals surface area contributed by atoms with E-state index in [4.69, 9.17) is 4.74 Å². The number of nitrogens with zero attached hydrogens (tertiary/aromatic N) is 1. The summed E-state index contributed by atoms with van der Waals surface area (Å²) in [6, 6.07) is 17.9. The number of methoxy groups -OCH3 is 1. The van der Waals surface area contributed by atoms with Gasteiger partial charge in [0.15, 0.2) is 0 Å². The Labute approximate surface area is 175 Å². The van der Waals surface area contributed by atoms with E-state index < -0.39 is 28.3 Å². The summed E-state index contributed by atoms with van der Waals surface area (Å²) in [5.41, 5.74) is 1.78. The average Bonchev–Trinajstić information content (AvgIpc) is 2.73. The van der Waals surface area contributed by atoms with Crippen molar-refractivity contribution in [2.45, 2.75) is 11.8 Å². The number of sulfonamides is 1. The number of anilines is 2. The number of hydrogen-bond acceptors (Lipinski definition) is 4. The van der Waals surface area contributed by atoms with Crippen LogP contribution in [-0.2, 0) is 14.8 Å². The monoisotopic (exact) mass is 428 g/mol. The van der Waals surface area contributed by atoms with Crippen molar-refractivity contribution in [3.63, 3.8) is 0 Å². The molecule has 6 nitrogen and oxygen atoms in total. The van der Waals surface area contributed by atoms with Gasteiger partial charge in [-0.05, 0) is 67.6 Å². The minimum absolute atomic E-state index is 0.110. The lowest BCUT2D eigenvalue weighted by Gasteiger charge is -2.24. The highest BCUT2D eigenvalue weighted by Crippen LogP contribution is 2.24. The Morgan fingerprint density at radius 3 is 2.13 bits per heavy atom. The smallest absolute Gasteiger partial charge is 0.264 e. The van der Waals surface area contributed by atoms with E-state index in [0.717, 1.165) is 22.0 Å². The lowest BCUT2D eigenvalue weighted by molar-refractivity contribution is -0.114. The number of hydrogen-bond donors (Lipinski definition) is 1. The van der Waals surface area contributed by atoms with Gasteiger partial charge in [-0.3, -0.25) is 9.10 Å². The van der Waals surface area contributed by atoms with Crippen LogP contribution in [-0.4, -0.2) is 28.0 Å². The molecule has 0 aromatic heterocycles. The van der Waals surface area contributed by atoms with E-state index in [1.807, 2.05) is 6.92 Å². The van der Waals surface area contributed by atoms with Gasteiger partial charge in [0.2, 0.25) is 5.91 Å². The molecule has 0 aliphatic rings. The van der Waals surface area contributed by atoms with Gasteiger partial charge in [0.1, 0.15) is 18.1 Å². The van der Waals surface area contributed by atoms with Gasteiger partial charge in [0, 0.05) is 5.69 Å². The maximum Gasteiger partial charge on any atom is 0.264 e. The van der Waals surface area contributed by atoms with E-state index in [1.165, 1.54) is 19.2 Å². The third-order valence-corrected chi connectivity index (χ3v) is 6.17. The van der Waals surface area contributed by atoms with Gasteiger partial charge in [-0.15, -0.1) is 0 Å². The molecule has 0 bridgehead atoms. The molecule has 30 heavy (non-hydrogen) atoms. The molecule has 0 radical (unpaired) electrons. The molecule has 1 amide bonds. The van der Waals surface area contributed by atoms with Gasteiger partial charge in [-0.2, -0.15) is 0 Å². The van der Waals surface area contributed by atoms with E-state index >= 15 is 0 Å². The first-order valence-corrected chi connectivity index (χ1v) is 10.5. The van der Waals surface area contributed by atoms with Crippen LogP contribution in [0.4, 0.5) is 15.8 Å². The highest BCUT2D eigenvalue weighted by atomic mass is 32.2. The number of ether oxygens (including phenoxy) is 1. The third-order valence-electron chi connectivity index (χ3n) is 4.38. The van der Waals surface area contributed by atoms with Crippen molar-refractivity contribution < 1.29 is 22.3 Å². The average molecular weight is 428 g/mol. The summed E-state index contributed by atoms with van der Waals surface area (Å²) in [6.07, 6.45) is 0. The molecule has 0 saturated carbocycles. The number of benzene rings is 3. The standard InChI is InChI=1S/C22H21FN2O4S/c1-16-3-9-19(10-4-16)25(30(27,28)21-13-5-17(23)6-14-21)15-22(26)24-18-7-11-20(29-2)12-8-18/h3-14H,15H2,1-2H3,(H,24,26). The molecule has 0 atom stereocenters. The van der Waals surface area contributed by atoms with E-state index in [1.54, 1.807) is 48.5 Å². The zero-order valence-corrected chi connectivity index (χ0v) is 17.3. The van der Waals surface area contributed by atoms with Crippen molar-refractivity contribution >= 4 is 27.3 Å². The van der Waals surface area contributed by atoms with Crippen LogP contribution in [0.3, 0.4) is 0 Å². The molecule has 0 fully saturated rings. The summed E-state index contributed by atoms with van der Waals surface area (Å²) < 4.78 is 45.8. The molecule has 3 aromatic carbocycles. The molecule has 0 spiro atoms. The van der Waals surface area contributed by atoms with Gasteiger partial charge in [-0.25, -0.2) is 12.8 Å².